The Hall–Kier alpha value is -0.690. The molecule has 70 valence electrons. The molecule has 0 radical (unpaired) electrons. The molecule has 0 aliphatic rings. The lowest BCUT2D eigenvalue weighted by atomic mass is 10.1. The molecule has 0 aliphatic heterocycles. The summed E-state index contributed by atoms with van der Waals surface area (Å²) >= 11 is 9.28. The molecule has 0 aliphatic carbocycles. The maximum Gasteiger partial charge on any atom is 0.0998 e. The number of nitrogens with zero attached hydrogens (tertiary/aromatic N) is 1. The summed E-state index contributed by atoms with van der Waals surface area (Å²) in [6, 6.07) is 5.75. The number of thioether (sulfide) groups is 1. The third-order valence-corrected chi connectivity index (χ3v) is 4.33. The lowest BCUT2D eigenvalue weighted by molar-refractivity contribution is 1.49. The van der Waals surface area contributed by atoms with Crippen LogP contribution in [0.1, 0.15) is 5.56 Å². The van der Waals surface area contributed by atoms with Crippen LogP contribution < -0.4 is 0 Å². The van der Waals surface area contributed by atoms with Gasteiger partial charge in [0.05, 0.1) is 21.4 Å². The fraction of sp³-hybridized carbons (Fsp3) is 0.100. The highest BCUT2D eigenvalue weighted by Crippen LogP contribution is 2.38. The predicted molar refractivity (Wildman–Crippen MR) is 63.3 cm³/mol. The van der Waals surface area contributed by atoms with E-state index in [-0.39, 0.29) is 0 Å². The molecular formula is C10H6ClNS2. The molecular weight excluding hydrogens is 234 g/mol. The van der Waals surface area contributed by atoms with E-state index < -0.39 is 0 Å². The van der Waals surface area contributed by atoms with Crippen molar-refractivity contribution in [2.24, 2.45) is 0 Å². The lowest BCUT2D eigenvalue weighted by Crippen LogP contribution is -1.77. The predicted octanol–water partition coefficient (Wildman–Crippen LogP) is 4.15. The smallest absolute Gasteiger partial charge is 0.0998 e. The van der Waals surface area contributed by atoms with Gasteiger partial charge in [0.1, 0.15) is 0 Å². The van der Waals surface area contributed by atoms with Gasteiger partial charge >= 0.3 is 0 Å². The number of halogens is 1. The molecule has 0 amide bonds. The van der Waals surface area contributed by atoms with Gasteiger partial charge in [0.2, 0.25) is 0 Å². The molecule has 0 spiro atoms. The van der Waals surface area contributed by atoms with Crippen molar-refractivity contribution in [1.29, 1.82) is 5.26 Å². The molecule has 1 aromatic heterocycles. The highest BCUT2D eigenvalue weighted by molar-refractivity contribution is 7.99. The van der Waals surface area contributed by atoms with Crippen molar-refractivity contribution in [2.45, 2.75) is 4.90 Å². The Kier molecular flexibility index (Phi) is 2.69. The topological polar surface area (TPSA) is 23.8 Å². The molecule has 0 saturated heterocycles. The largest absolute Gasteiger partial charge is 0.192 e. The molecule has 0 bridgehead atoms. The standard InChI is InChI=1S/C10H6ClNS2/c1-13-8-5-14-10-7(11)3-2-6(4-12)9(8)10/h2-3,5H,1H3. The van der Waals surface area contributed by atoms with Gasteiger partial charge in [-0.25, -0.2) is 0 Å². The highest BCUT2D eigenvalue weighted by Gasteiger charge is 2.10. The van der Waals surface area contributed by atoms with E-state index in [0.29, 0.717) is 5.56 Å². The number of nitriles is 1. The molecule has 0 unspecified atom stereocenters. The summed E-state index contributed by atoms with van der Waals surface area (Å²) in [6.45, 7) is 0. The second-order valence-corrected chi connectivity index (χ2v) is 4.85. The van der Waals surface area contributed by atoms with E-state index >= 15 is 0 Å². The average molecular weight is 240 g/mol. The summed E-state index contributed by atoms with van der Waals surface area (Å²) in [4.78, 5) is 1.13. The van der Waals surface area contributed by atoms with Crippen LogP contribution in [-0.2, 0) is 0 Å². The fourth-order valence-electron chi connectivity index (χ4n) is 1.33. The summed E-state index contributed by atoms with van der Waals surface area (Å²) < 4.78 is 1.01. The maximum absolute atomic E-state index is 8.97. The first-order chi connectivity index (χ1) is 6.77. The zero-order chi connectivity index (χ0) is 10.1. The van der Waals surface area contributed by atoms with Crippen molar-refractivity contribution in [1.82, 2.24) is 0 Å². The van der Waals surface area contributed by atoms with Crippen molar-refractivity contribution < 1.29 is 0 Å². The van der Waals surface area contributed by atoms with Crippen molar-refractivity contribution in [3.05, 3.63) is 28.1 Å². The Balaban J connectivity index is 2.90. The minimum Gasteiger partial charge on any atom is -0.192 e. The minimum atomic E-state index is 0.704. The third-order valence-electron chi connectivity index (χ3n) is 1.98. The normalized spacial score (nSPS) is 10.4. The Bertz CT molecular complexity index is 525. The van der Waals surface area contributed by atoms with Crippen LogP contribution in [-0.4, -0.2) is 6.26 Å². The number of fused-ring (bicyclic) bond motifs is 1. The summed E-state index contributed by atoms with van der Waals surface area (Å²) in [7, 11) is 0. The van der Waals surface area contributed by atoms with Gasteiger partial charge in [-0.1, -0.05) is 11.6 Å². The van der Waals surface area contributed by atoms with Crippen LogP contribution in [0, 0.1) is 11.3 Å². The molecule has 14 heavy (non-hydrogen) atoms. The van der Waals surface area contributed by atoms with Gasteiger partial charge in [0, 0.05) is 15.7 Å². The van der Waals surface area contributed by atoms with Gasteiger partial charge in [-0.05, 0) is 18.4 Å². The molecule has 1 nitrogen and oxygen atoms in total. The van der Waals surface area contributed by atoms with Crippen molar-refractivity contribution in [3.63, 3.8) is 0 Å². The zero-order valence-corrected chi connectivity index (χ0v) is 9.76. The van der Waals surface area contributed by atoms with Crippen molar-refractivity contribution in [3.8, 4) is 6.07 Å². The van der Waals surface area contributed by atoms with Crippen LogP contribution in [0.3, 0.4) is 0 Å². The summed E-state index contributed by atoms with van der Waals surface area (Å²) in [5, 5.41) is 12.7. The molecule has 0 fully saturated rings. The number of thiophene rings is 1. The average Bonchev–Trinajstić information content (AvgIpc) is 2.63. The van der Waals surface area contributed by atoms with E-state index in [0.717, 1.165) is 20.0 Å². The second kappa shape index (κ2) is 3.82. The molecule has 1 aromatic carbocycles. The molecule has 1 heterocycles. The molecule has 2 rings (SSSR count). The number of benzene rings is 1. The number of hydrogen-bond donors (Lipinski definition) is 0. The van der Waals surface area contributed by atoms with E-state index in [1.165, 1.54) is 0 Å². The van der Waals surface area contributed by atoms with E-state index in [9.17, 15) is 0 Å². The van der Waals surface area contributed by atoms with Crippen LogP contribution >= 0.6 is 34.7 Å². The van der Waals surface area contributed by atoms with Gasteiger partial charge < -0.3 is 0 Å². The van der Waals surface area contributed by atoms with Crippen molar-refractivity contribution >= 4 is 44.8 Å². The molecule has 2 aromatic rings. The molecule has 4 heteroatoms. The summed E-state index contributed by atoms with van der Waals surface area (Å²) in [5.74, 6) is 0. The summed E-state index contributed by atoms with van der Waals surface area (Å²) in [6.07, 6.45) is 2.00. The van der Waals surface area contributed by atoms with Gasteiger partial charge in [-0.2, -0.15) is 5.26 Å². The van der Waals surface area contributed by atoms with Crippen molar-refractivity contribution in [2.75, 3.05) is 6.26 Å². The second-order valence-electron chi connectivity index (χ2n) is 2.71. The lowest BCUT2D eigenvalue weighted by Gasteiger charge is -1.98. The molecule has 0 saturated carbocycles. The first-order valence-corrected chi connectivity index (χ1v) is 6.40. The molecule has 0 atom stereocenters. The van der Waals surface area contributed by atoms with Gasteiger partial charge in [0.25, 0.3) is 0 Å². The maximum atomic E-state index is 8.97. The monoisotopic (exact) mass is 239 g/mol. The Morgan fingerprint density at radius 1 is 1.50 bits per heavy atom. The first kappa shape index (κ1) is 9.85. The SMILES string of the molecule is CSc1csc2c(Cl)ccc(C#N)c12. The zero-order valence-electron chi connectivity index (χ0n) is 7.37. The number of hydrogen-bond acceptors (Lipinski definition) is 3. The first-order valence-electron chi connectivity index (χ1n) is 3.91. The fourth-order valence-corrected chi connectivity index (χ4v) is 3.49. The van der Waals surface area contributed by atoms with E-state index in [1.807, 2.05) is 11.6 Å². The van der Waals surface area contributed by atoms with Crippen LogP contribution in [0.2, 0.25) is 5.02 Å². The van der Waals surface area contributed by atoms with Gasteiger partial charge in [0.15, 0.2) is 0 Å². The molecule has 0 N–H and O–H groups in total. The van der Waals surface area contributed by atoms with Crippen LogP contribution in [0.25, 0.3) is 10.1 Å². The number of rotatable bonds is 1. The van der Waals surface area contributed by atoms with Gasteiger partial charge in [-0.15, -0.1) is 23.1 Å². The van der Waals surface area contributed by atoms with Crippen LogP contribution in [0.15, 0.2) is 22.4 Å². The third kappa shape index (κ3) is 1.40. The highest BCUT2D eigenvalue weighted by atomic mass is 35.5. The Morgan fingerprint density at radius 2 is 2.29 bits per heavy atom. The van der Waals surface area contributed by atoms with Crippen LogP contribution in [0.4, 0.5) is 0 Å². The van der Waals surface area contributed by atoms with E-state index in [4.69, 9.17) is 16.9 Å². The van der Waals surface area contributed by atoms with E-state index in [2.05, 4.69) is 6.07 Å². The quantitative estimate of drug-likeness (QED) is 0.698. The van der Waals surface area contributed by atoms with E-state index in [1.54, 1.807) is 35.2 Å². The van der Waals surface area contributed by atoms with Crippen LogP contribution in [0.5, 0.6) is 0 Å². The van der Waals surface area contributed by atoms with Gasteiger partial charge in [-0.3, -0.25) is 0 Å². The Labute approximate surface area is 95.3 Å². The summed E-state index contributed by atoms with van der Waals surface area (Å²) in [5.41, 5.74) is 0.704. The Morgan fingerprint density at radius 3 is 2.93 bits per heavy atom. The minimum absolute atomic E-state index is 0.704.